The molecule has 1 N–H and O–H groups in total. The first-order valence-electron chi connectivity index (χ1n) is 5.22. The predicted octanol–water partition coefficient (Wildman–Crippen LogP) is 1.88. The number of carbonyl (C=O) groups excluding carboxylic acids is 2. The van der Waals surface area contributed by atoms with Gasteiger partial charge >= 0.3 is 6.09 Å². The van der Waals surface area contributed by atoms with E-state index in [-0.39, 0.29) is 5.41 Å². The van der Waals surface area contributed by atoms with Crippen molar-refractivity contribution in [1.29, 1.82) is 0 Å². The average molecular weight is 213 g/mol. The second kappa shape index (κ2) is 3.83. The number of rotatable bonds is 3. The number of nitrogens with one attached hydrogen (secondary N) is 1. The van der Waals surface area contributed by atoms with E-state index in [1.807, 2.05) is 6.92 Å². The number of hydrogen-bond donors (Lipinski definition) is 1. The summed E-state index contributed by atoms with van der Waals surface area (Å²) in [5.74, 6) is 0. The van der Waals surface area contributed by atoms with Crippen LogP contribution in [-0.2, 0) is 9.53 Å². The van der Waals surface area contributed by atoms with Crippen molar-refractivity contribution < 1.29 is 14.3 Å². The fourth-order valence-electron chi connectivity index (χ4n) is 1.32. The van der Waals surface area contributed by atoms with Crippen LogP contribution in [-0.4, -0.2) is 24.0 Å². The Bertz CT molecular complexity index is 263. The Morgan fingerprint density at radius 2 is 2.00 bits per heavy atom. The van der Waals surface area contributed by atoms with Crippen molar-refractivity contribution in [3.8, 4) is 0 Å². The summed E-state index contributed by atoms with van der Waals surface area (Å²) in [5, 5.41) is 2.60. The monoisotopic (exact) mass is 213 g/mol. The topological polar surface area (TPSA) is 55.4 Å². The summed E-state index contributed by atoms with van der Waals surface area (Å²) in [7, 11) is 0. The van der Waals surface area contributed by atoms with E-state index in [2.05, 4.69) is 5.32 Å². The number of aldehydes is 1. The molecule has 0 saturated heterocycles. The van der Waals surface area contributed by atoms with E-state index in [0.717, 1.165) is 19.1 Å². The molecule has 0 bridgehead atoms. The lowest BCUT2D eigenvalue weighted by molar-refractivity contribution is -0.110. The van der Waals surface area contributed by atoms with Crippen LogP contribution in [0.15, 0.2) is 0 Å². The standard InChI is InChI=1S/C11H19NO3/c1-10(2,3)15-9(14)12-8(7-13)11(4)5-6-11/h7-8H,5-6H2,1-4H3,(H,12,14). The van der Waals surface area contributed by atoms with E-state index in [4.69, 9.17) is 4.74 Å². The zero-order chi connectivity index (χ0) is 11.7. The third kappa shape index (κ3) is 3.53. The van der Waals surface area contributed by atoms with Gasteiger partial charge in [-0.2, -0.15) is 0 Å². The van der Waals surface area contributed by atoms with Gasteiger partial charge in [-0.3, -0.25) is 0 Å². The highest BCUT2D eigenvalue weighted by Crippen LogP contribution is 2.47. The molecule has 0 radical (unpaired) electrons. The number of amides is 1. The van der Waals surface area contributed by atoms with Crippen LogP contribution < -0.4 is 5.32 Å². The number of carbonyl (C=O) groups is 2. The highest BCUT2D eigenvalue weighted by molar-refractivity contribution is 5.74. The van der Waals surface area contributed by atoms with Crippen molar-refractivity contribution in [2.45, 2.75) is 52.2 Å². The molecule has 0 spiro atoms. The lowest BCUT2D eigenvalue weighted by Gasteiger charge is -2.23. The maximum atomic E-state index is 11.4. The summed E-state index contributed by atoms with van der Waals surface area (Å²) < 4.78 is 5.08. The van der Waals surface area contributed by atoms with Crippen molar-refractivity contribution >= 4 is 12.4 Å². The van der Waals surface area contributed by atoms with Crippen LogP contribution in [0.5, 0.6) is 0 Å². The summed E-state index contributed by atoms with van der Waals surface area (Å²) in [6, 6.07) is -0.424. The van der Waals surface area contributed by atoms with Crippen molar-refractivity contribution in [3.05, 3.63) is 0 Å². The molecule has 0 aromatic rings. The maximum Gasteiger partial charge on any atom is 0.408 e. The Morgan fingerprint density at radius 1 is 1.47 bits per heavy atom. The molecule has 0 heterocycles. The minimum Gasteiger partial charge on any atom is -0.444 e. The first-order valence-corrected chi connectivity index (χ1v) is 5.22. The lowest BCUT2D eigenvalue weighted by Crippen LogP contribution is -2.44. The van der Waals surface area contributed by atoms with Crippen LogP contribution in [0.1, 0.15) is 40.5 Å². The van der Waals surface area contributed by atoms with Crippen LogP contribution in [0.4, 0.5) is 4.79 Å². The van der Waals surface area contributed by atoms with Crippen molar-refractivity contribution in [2.75, 3.05) is 0 Å². The average Bonchev–Trinajstić information content (AvgIpc) is 2.77. The van der Waals surface area contributed by atoms with Crippen LogP contribution in [0.3, 0.4) is 0 Å². The molecule has 1 fully saturated rings. The van der Waals surface area contributed by atoms with Crippen LogP contribution in [0.2, 0.25) is 0 Å². The Morgan fingerprint density at radius 3 is 2.33 bits per heavy atom. The van der Waals surface area contributed by atoms with Gasteiger partial charge in [0.05, 0.1) is 6.04 Å². The van der Waals surface area contributed by atoms with Gasteiger partial charge in [-0.15, -0.1) is 0 Å². The van der Waals surface area contributed by atoms with E-state index >= 15 is 0 Å². The molecule has 1 amide bonds. The summed E-state index contributed by atoms with van der Waals surface area (Å²) >= 11 is 0. The Hall–Kier alpha value is -1.06. The van der Waals surface area contributed by atoms with Crippen molar-refractivity contribution in [2.24, 2.45) is 5.41 Å². The van der Waals surface area contributed by atoms with Gasteiger partial charge in [0.25, 0.3) is 0 Å². The summed E-state index contributed by atoms with van der Waals surface area (Å²) in [6.07, 6.45) is 2.22. The maximum absolute atomic E-state index is 11.4. The zero-order valence-corrected chi connectivity index (χ0v) is 9.79. The number of ether oxygens (including phenoxy) is 1. The number of hydrogen-bond acceptors (Lipinski definition) is 3. The van der Waals surface area contributed by atoms with E-state index in [1.54, 1.807) is 20.8 Å². The molecule has 1 rings (SSSR count). The highest BCUT2D eigenvalue weighted by atomic mass is 16.6. The first kappa shape index (κ1) is 12.0. The molecular formula is C11H19NO3. The van der Waals surface area contributed by atoms with Gasteiger partial charge in [0.1, 0.15) is 11.9 Å². The minimum atomic E-state index is -0.526. The van der Waals surface area contributed by atoms with E-state index in [9.17, 15) is 9.59 Å². The summed E-state index contributed by atoms with van der Waals surface area (Å²) in [6.45, 7) is 7.37. The fraction of sp³-hybridized carbons (Fsp3) is 0.818. The molecule has 15 heavy (non-hydrogen) atoms. The largest absolute Gasteiger partial charge is 0.444 e. The molecule has 0 aromatic carbocycles. The molecule has 1 aliphatic carbocycles. The minimum absolute atomic E-state index is 0.0569. The third-order valence-corrected chi connectivity index (χ3v) is 2.60. The Kier molecular flexibility index (Phi) is 3.07. The third-order valence-electron chi connectivity index (χ3n) is 2.60. The second-order valence-corrected chi connectivity index (χ2v) is 5.41. The van der Waals surface area contributed by atoms with Crippen LogP contribution in [0, 0.1) is 5.41 Å². The molecule has 1 unspecified atom stereocenters. The fourth-order valence-corrected chi connectivity index (χ4v) is 1.32. The van der Waals surface area contributed by atoms with E-state index in [1.165, 1.54) is 0 Å². The molecule has 1 aliphatic rings. The van der Waals surface area contributed by atoms with Crippen molar-refractivity contribution in [3.63, 3.8) is 0 Å². The van der Waals surface area contributed by atoms with Gasteiger partial charge in [-0.05, 0) is 39.0 Å². The molecule has 1 atom stereocenters. The normalized spacial score (nSPS) is 20.3. The first-order chi connectivity index (χ1) is 6.77. The lowest BCUT2D eigenvalue weighted by atomic mass is 10.0. The van der Waals surface area contributed by atoms with Gasteiger partial charge in [0, 0.05) is 0 Å². The van der Waals surface area contributed by atoms with Gasteiger partial charge in [-0.1, -0.05) is 6.92 Å². The van der Waals surface area contributed by atoms with Gasteiger partial charge < -0.3 is 14.8 Å². The van der Waals surface area contributed by atoms with E-state index in [0.29, 0.717) is 0 Å². The molecule has 0 aromatic heterocycles. The quantitative estimate of drug-likeness (QED) is 0.728. The molecule has 86 valence electrons. The Balaban J connectivity index is 2.46. The molecular weight excluding hydrogens is 194 g/mol. The second-order valence-electron chi connectivity index (χ2n) is 5.41. The van der Waals surface area contributed by atoms with Gasteiger partial charge in [0.2, 0.25) is 0 Å². The van der Waals surface area contributed by atoms with Crippen molar-refractivity contribution in [1.82, 2.24) is 5.32 Å². The molecule has 4 nitrogen and oxygen atoms in total. The number of alkyl carbamates (subject to hydrolysis) is 1. The molecule has 4 heteroatoms. The predicted molar refractivity (Wildman–Crippen MR) is 56.6 cm³/mol. The van der Waals surface area contributed by atoms with Crippen LogP contribution >= 0.6 is 0 Å². The summed E-state index contributed by atoms with van der Waals surface area (Å²) in [4.78, 5) is 22.2. The molecule has 1 saturated carbocycles. The SMILES string of the molecule is CC(C)(C)OC(=O)NC(C=O)C1(C)CC1. The van der Waals surface area contributed by atoms with Crippen LogP contribution in [0.25, 0.3) is 0 Å². The zero-order valence-electron chi connectivity index (χ0n) is 9.79. The Labute approximate surface area is 90.4 Å². The highest BCUT2D eigenvalue weighted by Gasteiger charge is 2.45. The van der Waals surface area contributed by atoms with Gasteiger partial charge in [-0.25, -0.2) is 4.79 Å². The molecule has 0 aliphatic heterocycles. The smallest absolute Gasteiger partial charge is 0.408 e. The van der Waals surface area contributed by atoms with Gasteiger partial charge in [0.15, 0.2) is 0 Å². The van der Waals surface area contributed by atoms with E-state index < -0.39 is 17.7 Å². The summed E-state index contributed by atoms with van der Waals surface area (Å²) in [5.41, 5.74) is -0.583.